The van der Waals surface area contributed by atoms with Crippen LogP contribution in [-0.2, 0) is 10.6 Å². The van der Waals surface area contributed by atoms with Crippen molar-refractivity contribution < 1.29 is 4.84 Å². The molecule has 0 radical (unpaired) electrons. The fourth-order valence-electron chi connectivity index (χ4n) is 2.58. The van der Waals surface area contributed by atoms with Crippen molar-refractivity contribution in [3.63, 3.8) is 0 Å². The molecule has 2 aromatic rings. The van der Waals surface area contributed by atoms with E-state index in [1.54, 1.807) is 0 Å². The molecule has 21 heavy (non-hydrogen) atoms. The van der Waals surface area contributed by atoms with Gasteiger partial charge in [0.25, 0.3) is 0 Å². The minimum absolute atomic E-state index is 0.0693. The van der Waals surface area contributed by atoms with E-state index in [1.807, 2.05) is 0 Å². The standard InChI is InChI=1S/C17H17Br2NO/c1-16(2,3)20-17(21-20,12-4-8-14(18)9-5-12)13-6-10-15(19)11-7-13/h4-11H,1-3H3. The summed E-state index contributed by atoms with van der Waals surface area (Å²) >= 11 is 6.98. The van der Waals surface area contributed by atoms with Gasteiger partial charge >= 0.3 is 0 Å². The van der Waals surface area contributed by atoms with Crippen molar-refractivity contribution in [2.24, 2.45) is 0 Å². The van der Waals surface area contributed by atoms with Crippen LogP contribution in [0.2, 0.25) is 0 Å². The average molecular weight is 411 g/mol. The van der Waals surface area contributed by atoms with E-state index in [9.17, 15) is 0 Å². The second-order valence-electron chi connectivity index (χ2n) is 6.21. The van der Waals surface area contributed by atoms with Crippen molar-refractivity contribution in [3.8, 4) is 0 Å². The molecule has 2 aromatic carbocycles. The molecular weight excluding hydrogens is 394 g/mol. The number of benzene rings is 2. The van der Waals surface area contributed by atoms with Gasteiger partial charge in [0.2, 0.25) is 5.72 Å². The summed E-state index contributed by atoms with van der Waals surface area (Å²) in [6.07, 6.45) is 0. The van der Waals surface area contributed by atoms with E-state index in [0.717, 1.165) is 20.1 Å². The Hall–Kier alpha value is -0.680. The predicted octanol–water partition coefficient (Wildman–Crippen LogP) is 5.46. The van der Waals surface area contributed by atoms with Gasteiger partial charge in [-0.3, -0.25) is 4.84 Å². The highest BCUT2D eigenvalue weighted by Gasteiger charge is 2.62. The van der Waals surface area contributed by atoms with E-state index in [1.165, 1.54) is 0 Å². The molecule has 2 nitrogen and oxygen atoms in total. The lowest BCUT2D eigenvalue weighted by molar-refractivity contribution is 0.101. The van der Waals surface area contributed by atoms with Crippen molar-refractivity contribution in [1.82, 2.24) is 5.06 Å². The quantitative estimate of drug-likeness (QED) is 0.611. The smallest absolute Gasteiger partial charge is 0.216 e. The lowest BCUT2D eigenvalue weighted by Gasteiger charge is -2.22. The summed E-state index contributed by atoms with van der Waals surface area (Å²) in [5.41, 5.74) is 1.73. The molecule has 3 rings (SSSR count). The zero-order valence-electron chi connectivity index (χ0n) is 12.2. The van der Waals surface area contributed by atoms with E-state index < -0.39 is 5.72 Å². The van der Waals surface area contributed by atoms with Gasteiger partial charge in [0.05, 0.1) is 0 Å². The Labute approximate surface area is 142 Å². The molecule has 1 aliphatic heterocycles. The zero-order chi connectivity index (χ0) is 15.3. The second kappa shape index (κ2) is 5.20. The van der Waals surface area contributed by atoms with Gasteiger partial charge in [-0.25, -0.2) is 0 Å². The first-order valence-corrected chi connectivity index (χ1v) is 8.44. The van der Waals surface area contributed by atoms with Crippen LogP contribution in [0.3, 0.4) is 0 Å². The van der Waals surface area contributed by atoms with Crippen molar-refractivity contribution in [3.05, 3.63) is 68.6 Å². The second-order valence-corrected chi connectivity index (χ2v) is 8.05. The van der Waals surface area contributed by atoms with Crippen LogP contribution in [0.1, 0.15) is 31.9 Å². The number of rotatable bonds is 2. The number of hydrogen-bond acceptors (Lipinski definition) is 2. The summed E-state index contributed by atoms with van der Waals surface area (Å²) in [5.74, 6) is 0. The van der Waals surface area contributed by atoms with Crippen LogP contribution in [0.25, 0.3) is 0 Å². The van der Waals surface area contributed by atoms with Crippen LogP contribution >= 0.6 is 31.9 Å². The summed E-state index contributed by atoms with van der Waals surface area (Å²) in [6.45, 7) is 6.48. The van der Waals surface area contributed by atoms with Crippen LogP contribution in [0, 0.1) is 0 Å². The maximum Gasteiger partial charge on any atom is 0.216 e. The molecule has 0 aromatic heterocycles. The van der Waals surface area contributed by atoms with Crippen LogP contribution in [0.4, 0.5) is 0 Å². The Bertz CT molecular complexity index is 598. The minimum Gasteiger partial charge on any atom is -0.260 e. The molecule has 1 heterocycles. The largest absolute Gasteiger partial charge is 0.260 e. The number of hydrogen-bond donors (Lipinski definition) is 0. The van der Waals surface area contributed by atoms with Gasteiger partial charge in [0.15, 0.2) is 0 Å². The molecule has 0 saturated carbocycles. The number of halogens is 2. The summed E-state index contributed by atoms with van der Waals surface area (Å²) in [7, 11) is 0. The summed E-state index contributed by atoms with van der Waals surface area (Å²) in [5, 5.41) is 2.06. The maximum absolute atomic E-state index is 6.12. The van der Waals surface area contributed by atoms with Gasteiger partial charge < -0.3 is 0 Å². The molecule has 110 valence electrons. The summed E-state index contributed by atoms with van der Waals surface area (Å²) in [4.78, 5) is 6.12. The van der Waals surface area contributed by atoms with Crippen molar-refractivity contribution in [1.29, 1.82) is 0 Å². The molecule has 0 spiro atoms. The zero-order valence-corrected chi connectivity index (χ0v) is 15.4. The van der Waals surface area contributed by atoms with E-state index in [4.69, 9.17) is 4.84 Å². The third-order valence-corrected chi connectivity index (χ3v) is 4.61. The van der Waals surface area contributed by atoms with E-state index in [2.05, 4.69) is 106 Å². The fraction of sp³-hybridized carbons (Fsp3) is 0.294. The van der Waals surface area contributed by atoms with Crippen LogP contribution < -0.4 is 0 Å². The van der Waals surface area contributed by atoms with E-state index in [0.29, 0.717) is 0 Å². The van der Waals surface area contributed by atoms with Gasteiger partial charge in [-0.15, -0.1) is 5.06 Å². The molecule has 0 amide bonds. The average Bonchev–Trinajstić information content (AvgIpc) is 3.17. The molecule has 0 N–H and O–H groups in total. The highest BCUT2D eigenvalue weighted by atomic mass is 79.9. The molecule has 0 aliphatic carbocycles. The number of hydroxylamine groups is 2. The molecule has 1 aliphatic rings. The van der Waals surface area contributed by atoms with Gasteiger partial charge in [0.1, 0.15) is 0 Å². The first-order valence-electron chi connectivity index (χ1n) is 6.85. The fourth-order valence-corrected chi connectivity index (χ4v) is 3.11. The Morgan fingerprint density at radius 2 is 1.19 bits per heavy atom. The van der Waals surface area contributed by atoms with Crippen molar-refractivity contribution >= 4 is 31.9 Å². The van der Waals surface area contributed by atoms with Crippen molar-refractivity contribution in [2.75, 3.05) is 0 Å². The van der Waals surface area contributed by atoms with Crippen LogP contribution in [0.5, 0.6) is 0 Å². The first-order chi connectivity index (χ1) is 9.84. The Morgan fingerprint density at radius 1 is 0.810 bits per heavy atom. The van der Waals surface area contributed by atoms with Gasteiger partial charge in [-0.1, -0.05) is 56.1 Å². The lowest BCUT2D eigenvalue weighted by atomic mass is 9.94. The Balaban J connectivity index is 2.09. The van der Waals surface area contributed by atoms with Crippen LogP contribution in [-0.4, -0.2) is 10.6 Å². The molecule has 1 saturated heterocycles. The molecular formula is C17H17Br2NO. The Kier molecular flexibility index (Phi) is 3.77. The Morgan fingerprint density at radius 3 is 1.48 bits per heavy atom. The van der Waals surface area contributed by atoms with Gasteiger partial charge in [-0.2, -0.15) is 0 Å². The summed E-state index contributed by atoms with van der Waals surface area (Å²) < 4.78 is 2.14. The first kappa shape index (κ1) is 15.2. The third-order valence-electron chi connectivity index (χ3n) is 3.56. The van der Waals surface area contributed by atoms with E-state index in [-0.39, 0.29) is 5.54 Å². The lowest BCUT2D eigenvalue weighted by Crippen LogP contribution is -2.32. The minimum atomic E-state index is -0.486. The highest BCUT2D eigenvalue weighted by Crippen LogP contribution is 2.54. The third kappa shape index (κ3) is 2.70. The highest BCUT2D eigenvalue weighted by molar-refractivity contribution is 9.10. The maximum atomic E-state index is 6.12. The monoisotopic (exact) mass is 409 g/mol. The normalized spacial score (nSPS) is 20.3. The number of nitrogens with zero attached hydrogens (tertiary/aromatic N) is 1. The topological polar surface area (TPSA) is 15.5 Å². The molecule has 4 heteroatoms. The van der Waals surface area contributed by atoms with E-state index >= 15 is 0 Å². The summed E-state index contributed by atoms with van der Waals surface area (Å²) in [6, 6.07) is 16.7. The van der Waals surface area contributed by atoms with Crippen LogP contribution in [0.15, 0.2) is 57.5 Å². The molecule has 1 unspecified atom stereocenters. The molecule has 1 atom stereocenters. The van der Waals surface area contributed by atoms with Crippen molar-refractivity contribution in [2.45, 2.75) is 32.0 Å². The molecule has 1 fully saturated rings. The van der Waals surface area contributed by atoms with Gasteiger partial charge in [-0.05, 0) is 45.0 Å². The van der Waals surface area contributed by atoms with Gasteiger partial charge in [0, 0.05) is 25.6 Å². The SMILES string of the molecule is CC(C)(C)N1OC1(c1ccc(Br)cc1)c1ccc(Br)cc1. The predicted molar refractivity (Wildman–Crippen MR) is 91.7 cm³/mol. The molecule has 0 bridgehead atoms.